The average Bonchev–Trinajstić information content (AvgIpc) is 1.61. The van der Waals surface area contributed by atoms with E-state index in [9.17, 15) is 0 Å². The summed E-state index contributed by atoms with van der Waals surface area (Å²) in [7, 11) is 0. The van der Waals surface area contributed by atoms with Gasteiger partial charge in [-0.2, -0.15) is 0 Å². The highest BCUT2D eigenvalue weighted by atomic mass is 16.5. The van der Waals surface area contributed by atoms with Gasteiger partial charge in [0.05, 0.1) is 0 Å². The number of hydrogen-bond acceptors (Lipinski definition) is 2. The first kappa shape index (κ1) is 5.90. The van der Waals surface area contributed by atoms with Crippen LogP contribution in [-0.2, 0) is 4.74 Å². The third-order valence-electron chi connectivity index (χ3n) is 0.341. The van der Waals surface area contributed by atoms with Crippen molar-refractivity contribution in [3.8, 4) is 12.3 Å². The molecule has 0 saturated heterocycles. The van der Waals surface area contributed by atoms with Crippen LogP contribution in [0.3, 0.4) is 0 Å². The van der Waals surface area contributed by atoms with E-state index in [0.717, 1.165) is 0 Å². The minimum absolute atomic E-state index is 0.165. The molecule has 2 N–H and O–H groups in total. The molecule has 0 saturated carbocycles. The highest BCUT2D eigenvalue weighted by Crippen LogP contribution is 1.76. The maximum atomic E-state index is 4.97. The minimum Gasteiger partial charge on any atom is -0.467 e. The van der Waals surface area contributed by atoms with E-state index in [-0.39, 0.29) is 12.5 Å². The molecule has 2 heteroatoms. The van der Waals surface area contributed by atoms with E-state index in [1.165, 1.54) is 0 Å². The summed E-state index contributed by atoms with van der Waals surface area (Å²) in [6, 6.07) is 0. The lowest BCUT2D eigenvalue weighted by molar-refractivity contribution is 0.252. The fourth-order valence-electron chi connectivity index (χ4n) is 0.134. The molecule has 0 bridgehead atoms. The quantitative estimate of drug-likeness (QED) is 0.391. The van der Waals surface area contributed by atoms with Crippen molar-refractivity contribution in [1.29, 1.82) is 0 Å². The molecule has 0 unspecified atom stereocenters. The Balaban J connectivity index is 3.02. The van der Waals surface area contributed by atoms with Crippen molar-refractivity contribution in [3.63, 3.8) is 0 Å². The van der Waals surface area contributed by atoms with Gasteiger partial charge in [-0.1, -0.05) is 5.92 Å². The van der Waals surface area contributed by atoms with Gasteiger partial charge in [0, 0.05) is 0 Å². The molecule has 0 fully saturated rings. The summed E-state index contributed by atoms with van der Waals surface area (Å²) in [5, 5.41) is 0. The lowest BCUT2D eigenvalue weighted by Crippen LogP contribution is -1.99. The molecule has 0 radical (unpaired) electrons. The smallest absolute Gasteiger partial charge is 0.177 e. The molecule has 0 aromatic heterocycles. The van der Waals surface area contributed by atoms with Gasteiger partial charge in [0.2, 0.25) is 0 Å². The van der Waals surface area contributed by atoms with Crippen LogP contribution in [0.25, 0.3) is 0 Å². The van der Waals surface area contributed by atoms with Crippen LogP contribution < -0.4 is 5.73 Å². The van der Waals surface area contributed by atoms with E-state index >= 15 is 0 Å². The van der Waals surface area contributed by atoms with Crippen molar-refractivity contribution in [3.05, 3.63) is 12.5 Å². The Labute approximate surface area is 43.0 Å². The molecule has 0 aliphatic heterocycles. The zero-order valence-electron chi connectivity index (χ0n) is 3.98. The summed E-state index contributed by atoms with van der Waals surface area (Å²) >= 11 is 0. The van der Waals surface area contributed by atoms with Crippen molar-refractivity contribution in [1.82, 2.24) is 0 Å². The summed E-state index contributed by atoms with van der Waals surface area (Å²) in [6.07, 6.45) is 4.81. The van der Waals surface area contributed by atoms with Gasteiger partial charge in [-0.15, -0.1) is 6.42 Å². The Morgan fingerprint density at radius 2 is 2.57 bits per heavy atom. The summed E-state index contributed by atoms with van der Waals surface area (Å²) in [6.45, 7) is 3.46. The molecule has 0 rings (SSSR count). The fourth-order valence-corrected chi connectivity index (χ4v) is 0.134. The molecule has 38 valence electrons. The average molecular weight is 97.1 g/mol. The zero-order chi connectivity index (χ0) is 5.70. The van der Waals surface area contributed by atoms with E-state index < -0.39 is 0 Å². The van der Waals surface area contributed by atoms with Crippen molar-refractivity contribution >= 4 is 0 Å². The van der Waals surface area contributed by atoms with Gasteiger partial charge in [0.25, 0.3) is 0 Å². The van der Waals surface area contributed by atoms with Crippen molar-refractivity contribution in [2.24, 2.45) is 5.73 Å². The second-order valence-corrected chi connectivity index (χ2v) is 0.959. The maximum absolute atomic E-state index is 4.97. The predicted molar refractivity (Wildman–Crippen MR) is 28.1 cm³/mol. The third kappa shape index (κ3) is 4.90. The molecule has 0 aliphatic rings. The van der Waals surface area contributed by atoms with Crippen LogP contribution >= 0.6 is 0 Å². The van der Waals surface area contributed by atoms with Crippen LogP contribution in [0.15, 0.2) is 12.5 Å². The first-order chi connectivity index (χ1) is 3.27. The minimum atomic E-state index is 0.165. The summed E-state index contributed by atoms with van der Waals surface area (Å²) in [5.41, 5.74) is 4.97. The summed E-state index contributed by atoms with van der Waals surface area (Å²) in [5.74, 6) is 2.40. The first-order valence-electron chi connectivity index (χ1n) is 1.78. The first-order valence-corrected chi connectivity index (χ1v) is 1.78. The van der Waals surface area contributed by atoms with Crippen LogP contribution in [0.5, 0.6) is 0 Å². The van der Waals surface area contributed by atoms with E-state index in [2.05, 4.69) is 17.2 Å². The van der Waals surface area contributed by atoms with Gasteiger partial charge >= 0.3 is 0 Å². The van der Waals surface area contributed by atoms with Crippen LogP contribution in [-0.4, -0.2) is 6.61 Å². The van der Waals surface area contributed by atoms with Gasteiger partial charge in [-0.05, 0) is 6.58 Å². The van der Waals surface area contributed by atoms with Crippen LogP contribution in [0.4, 0.5) is 0 Å². The second kappa shape index (κ2) is 3.10. The molecule has 0 amide bonds. The number of ether oxygens (including phenoxy) is 1. The molecule has 0 aromatic carbocycles. The Morgan fingerprint density at radius 3 is 2.71 bits per heavy atom. The number of terminal acetylenes is 1. The Morgan fingerprint density at radius 1 is 2.00 bits per heavy atom. The Kier molecular flexibility index (Phi) is 2.62. The van der Waals surface area contributed by atoms with Crippen molar-refractivity contribution in [2.75, 3.05) is 6.61 Å². The third-order valence-corrected chi connectivity index (χ3v) is 0.341. The molecule has 0 spiro atoms. The van der Waals surface area contributed by atoms with Gasteiger partial charge < -0.3 is 10.5 Å². The Bertz CT molecular complexity index is 101. The van der Waals surface area contributed by atoms with Gasteiger partial charge in [0.15, 0.2) is 5.88 Å². The molecule has 7 heavy (non-hydrogen) atoms. The van der Waals surface area contributed by atoms with E-state index in [0.29, 0.717) is 0 Å². The largest absolute Gasteiger partial charge is 0.467 e. The van der Waals surface area contributed by atoms with E-state index in [1.807, 2.05) is 0 Å². The van der Waals surface area contributed by atoms with Crippen LogP contribution in [0.2, 0.25) is 0 Å². The van der Waals surface area contributed by atoms with Gasteiger partial charge in [-0.25, -0.2) is 0 Å². The maximum Gasteiger partial charge on any atom is 0.177 e. The predicted octanol–water partition coefficient (Wildman–Crippen LogP) is 0.0661. The highest BCUT2D eigenvalue weighted by molar-refractivity contribution is 4.86. The van der Waals surface area contributed by atoms with Gasteiger partial charge in [0.1, 0.15) is 6.61 Å². The van der Waals surface area contributed by atoms with Crippen molar-refractivity contribution < 1.29 is 4.74 Å². The number of nitrogens with two attached hydrogens (primary N) is 1. The molecule has 0 heterocycles. The SMILES string of the molecule is C#CCOC(=C)N. The van der Waals surface area contributed by atoms with E-state index in [4.69, 9.17) is 12.2 Å². The second-order valence-electron chi connectivity index (χ2n) is 0.959. The molecular formula is C5H7NO. The number of hydrogen-bond donors (Lipinski definition) is 1. The van der Waals surface area contributed by atoms with Gasteiger partial charge in [-0.3, -0.25) is 0 Å². The van der Waals surface area contributed by atoms with Crippen molar-refractivity contribution in [2.45, 2.75) is 0 Å². The molecule has 0 aliphatic carbocycles. The number of rotatable bonds is 2. The van der Waals surface area contributed by atoms with Crippen LogP contribution in [0.1, 0.15) is 0 Å². The molecule has 2 nitrogen and oxygen atoms in total. The molecule has 0 aromatic rings. The molecular weight excluding hydrogens is 90.1 g/mol. The topological polar surface area (TPSA) is 35.2 Å². The monoisotopic (exact) mass is 97.1 g/mol. The summed E-state index contributed by atoms with van der Waals surface area (Å²) < 4.78 is 4.54. The standard InChI is InChI=1S/C5H7NO/c1-3-4-7-5(2)6/h1H,2,4,6H2. The molecule has 0 atom stereocenters. The fraction of sp³-hybridized carbons (Fsp3) is 0.200. The lowest BCUT2D eigenvalue weighted by Gasteiger charge is -1.94. The normalized spacial score (nSPS) is 6.71. The zero-order valence-corrected chi connectivity index (χ0v) is 3.98. The lowest BCUT2D eigenvalue weighted by atomic mass is 10.7. The van der Waals surface area contributed by atoms with Crippen LogP contribution in [0, 0.1) is 12.3 Å². The van der Waals surface area contributed by atoms with E-state index in [1.54, 1.807) is 0 Å². The summed E-state index contributed by atoms with van der Waals surface area (Å²) in [4.78, 5) is 0. The Hall–Kier alpha value is -1.10. The highest BCUT2D eigenvalue weighted by Gasteiger charge is 1.76.